The quantitative estimate of drug-likeness (QED) is 0.168. The highest BCUT2D eigenvalue weighted by atomic mass is 32.2. The number of halogens is 1. The summed E-state index contributed by atoms with van der Waals surface area (Å²) in [5.41, 5.74) is 2.40. The van der Waals surface area contributed by atoms with Crippen LogP contribution in [-0.2, 0) is 32.6 Å². The molecule has 0 saturated heterocycles. The molecule has 0 aliphatic carbocycles. The Labute approximate surface area is 282 Å². The van der Waals surface area contributed by atoms with Gasteiger partial charge in [-0.25, -0.2) is 12.8 Å². The summed E-state index contributed by atoms with van der Waals surface area (Å²) in [6.07, 6.45) is 0.828. The van der Waals surface area contributed by atoms with Gasteiger partial charge in [0.2, 0.25) is 11.8 Å². The Balaban J connectivity index is 1.84. The summed E-state index contributed by atoms with van der Waals surface area (Å²) in [5, 5.41) is 3.00. The van der Waals surface area contributed by atoms with E-state index in [9.17, 15) is 22.4 Å². The molecule has 0 aliphatic rings. The molecular weight excluding hydrogens is 633 g/mol. The number of ether oxygens (including phenoxy) is 2. The number of hydrogen-bond acceptors (Lipinski definition) is 6. The zero-order valence-corrected chi connectivity index (χ0v) is 28.7. The third-order valence-corrected chi connectivity index (χ3v) is 9.87. The number of methoxy groups -OCH3 is 2. The van der Waals surface area contributed by atoms with Crippen LogP contribution >= 0.6 is 0 Å². The molecule has 0 heterocycles. The van der Waals surface area contributed by atoms with Crippen LogP contribution in [-0.4, -0.2) is 58.0 Å². The van der Waals surface area contributed by atoms with Crippen LogP contribution in [0.2, 0.25) is 0 Å². The number of amides is 2. The molecule has 4 rings (SSSR count). The van der Waals surface area contributed by atoms with Gasteiger partial charge in [0.05, 0.1) is 24.8 Å². The van der Waals surface area contributed by atoms with Crippen LogP contribution in [0.25, 0.3) is 0 Å². The van der Waals surface area contributed by atoms with Crippen molar-refractivity contribution in [3.05, 3.63) is 120 Å². The lowest BCUT2D eigenvalue weighted by atomic mass is 10.0. The summed E-state index contributed by atoms with van der Waals surface area (Å²) in [6, 6.07) is 24.6. The maximum absolute atomic E-state index is 14.6. The molecule has 254 valence electrons. The van der Waals surface area contributed by atoms with Crippen LogP contribution in [0.3, 0.4) is 0 Å². The fourth-order valence-electron chi connectivity index (χ4n) is 5.13. The van der Waals surface area contributed by atoms with E-state index in [-0.39, 0.29) is 41.2 Å². The lowest BCUT2D eigenvalue weighted by Gasteiger charge is -2.34. The molecule has 0 bridgehead atoms. The molecule has 2 atom stereocenters. The van der Waals surface area contributed by atoms with Gasteiger partial charge in [0.1, 0.15) is 18.4 Å². The van der Waals surface area contributed by atoms with Crippen molar-refractivity contribution in [2.75, 3.05) is 25.1 Å². The van der Waals surface area contributed by atoms with Crippen molar-refractivity contribution in [2.45, 2.75) is 57.1 Å². The number of benzene rings is 4. The van der Waals surface area contributed by atoms with E-state index in [1.807, 2.05) is 51.1 Å². The van der Waals surface area contributed by atoms with Gasteiger partial charge >= 0.3 is 0 Å². The molecule has 48 heavy (non-hydrogen) atoms. The third-order valence-electron chi connectivity index (χ3n) is 8.08. The van der Waals surface area contributed by atoms with Gasteiger partial charge in [-0.05, 0) is 67.8 Å². The van der Waals surface area contributed by atoms with Crippen molar-refractivity contribution >= 4 is 27.5 Å². The topological polar surface area (TPSA) is 105 Å². The maximum Gasteiger partial charge on any atom is 0.264 e. The Morgan fingerprint density at radius 3 is 2.10 bits per heavy atom. The summed E-state index contributed by atoms with van der Waals surface area (Å²) < 4.78 is 54.3. The molecule has 1 N–H and O–H groups in total. The fraction of sp³-hybridized carbons (Fsp3) is 0.297. The first-order valence-corrected chi connectivity index (χ1v) is 17.1. The van der Waals surface area contributed by atoms with Gasteiger partial charge in [-0.15, -0.1) is 0 Å². The lowest BCUT2D eigenvalue weighted by Crippen LogP contribution is -2.54. The van der Waals surface area contributed by atoms with Crippen molar-refractivity contribution in [3.8, 4) is 11.5 Å². The Kier molecular flexibility index (Phi) is 12.2. The highest BCUT2D eigenvalue weighted by Gasteiger charge is 2.35. The summed E-state index contributed by atoms with van der Waals surface area (Å²) in [4.78, 5) is 29.9. The Morgan fingerprint density at radius 2 is 1.50 bits per heavy atom. The van der Waals surface area contributed by atoms with Gasteiger partial charge in [-0.3, -0.25) is 13.9 Å². The molecule has 0 aliphatic heterocycles. The Morgan fingerprint density at radius 1 is 0.854 bits per heavy atom. The standard InChI is InChI=1S/C37H42FN3O6S/c1-6-27(3)39-37(43)33(22-28-10-8-7-9-11-28)40(24-29-14-16-30(38)17-15-29)36(42)25-41(31-18-21-34(46-4)35(23-31)47-5)48(44,45)32-19-12-26(2)13-20-32/h7-21,23,27,33H,6,22,24-25H2,1-5H3,(H,39,43)/t27-,33+/m1/s1. The predicted octanol–water partition coefficient (Wildman–Crippen LogP) is 5.90. The van der Waals surface area contributed by atoms with Gasteiger partial charge in [0, 0.05) is 25.1 Å². The zero-order valence-electron chi connectivity index (χ0n) is 27.9. The zero-order chi connectivity index (χ0) is 34.8. The number of sulfonamides is 1. The van der Waals surface area contributed by atoms with Crippen molar-refractivity contribution in [1.29, 1.82) is 0 Å². The number of aryl methyl sites for hydroxylation is 1. The number of carbonyl (C=O) groups is 2. The first kappa shape index (κ1) is 35.9. The SMILES string of the molecule is CC[C@@H](C)NC(=O)[C@H](Cc1ccccc1)N(Cc1ccc(F)cc1)C(=O)CN(c1ccc(OC)c(OC)c1)S(=O)(=O)c1ccc(C)cc1. The van der Waals surface area contributed by atoms with Gasteiger partial charge in [-0.1, -0.05) is 67.1 Å². The van der Waals surface area contributed by atoms with E-state index in [1.165, 1.54) is 67.7 Å². The molecule has 0 aromatic heterocycles. The highest BCUT2D eigenvalue weighted by Crippen LogP contribution is 2.34. The predicted molar refractivity (Wildman–Crippen MR) is 184 cm³/mol. The molecule has 9 nitrogen and oxygen atoms in total. The third kappa shape index (κ3) is 8.92. The molecule has 0 unspecified atom stereocenters. The van der Waals surface area contributed by atoms with E-state index in [4.69, 9.17) is 9.47 Å². The number of nitrogens with zero attached hydrogens (tertiary/aromatic N) is 2. The molecule has 4 aromatic rings. The first-order valence-electron chi connectivity index (χ1n) is 15.7. The van der Waals surface area contributed by atoms with Crippen LogP contribution in [0.5, 0.6) is 11.5 Å². The number of nitrogens with one attached hydrogen (secondary N) is 1. The van der Waals surface area contributed by atoms with Crippen molar-refractivity contribution in [3.63, 3.8) is 0 Å². The smallest absolute Gasteiger partial charge is 0.264 e. The van der Waals surface area contributed by atoms with E-state index in [0.717, 1.165) is 15.4 Å². The van der Waals surface area contributed by atoms with Crippen LogP contribution in [0.15, 0.2) is 102 Å². The van der Waals surface area contributed by atoms with Crippen LogP contribution in [0.1, 0.15) is 37.0 Å². The van der Waals surface area contributed by atoms with Crippen LogP contribution in [0, 0.1) is 12.7 Å². The van der Waals surface area contributed by atoms with Crippen LogP contribution < -0.4 is 19.1 Å². The van der Waals surface area contributed by atoms with Crippen LogP contribution in [0.4, 0.5) is 10.1 Å². The fourth-order valence-corrected chi connectivity index (χ4v) is 6.53. The summed E-state index contributed by atoms with van der Waals surface area (Å²) in [6.45, 7) is 4.94. The number of carbonyl (C=O) groups excluding carboxylic acids is 2. The van der Waals surface area contributed by atoms with E-state index in [0.29, 0.717) is 17.7 Å². The largest absolute Gasteiger partial charge is 0.493 e. The molecule has 2 amide bonds. The number of rotatable bonds is 15. The molecule has 11 heteroatoms. The lowest BCUT2D eigenvalue weighted by molar-refractivity contribution is -0.140. The normalized spacial score (nSPS) is 12.5. The molecular formula is C37H42FN3O6S. The second-order valence-corrected chi connectivity index (χ2v) is 13.4. The van der Waals surface area contributed by atoms with E-state index >= 15 is 0 Å². The second-order valence-electron chi connectivity index (χ2n) is 11.5. The molecule has 0 fully saturated rings. The maximum atomic E-state index is 14.6. The van der Waals surface area contributed by atoms with E-state index in [2.05, 4.69) is 5.32 Å². The highest BCUT2D eigenvalue weighted by molar-refractivity contribution is 7.92. The average molecular weight is 676 g/mol. The molecule has 4 aromatic carbocycles. The van der Waals surface area contributed by atoms with E-state index < -0.39 is 34.3 Å². The van der Waals surface area contributed by atoms with Crippen molar-refractivity contribution < 1.29 is 31.9 Å². The summed E-state index contributed by atoms with van der Waals surface area (Å²) >= 11 is 0. The molecule has 0 spiro atoms. The average Bonchev–Trinajstić information content (AvgIpc) is 3.09. The monoisotopic (exact) mass is 675 g/mol. The van der Waals surface area contributed by atoms with Gasteiger partial charge < -0.3 is 19.7 Å². The Bertz CT molecular complexity index is 1780. The Hall–Kier alpha value is -4.90. The first-order chi connectivity index (χ1) is 23.0. The van der Waals surface area contributed by atoms with E-state index in [1.54, 1.807) is 18.2 Å². The van der Waals surface area contributed by atoms with Gasteiger partial charge in [-0.2, -0.15) is 0 Å². The van der Waals surface area contributed by atoms with Crippen molar-refractivity contribution in [2.24, 2.45) is 0 Å². The second kappa shape index (κ2) is 16.3. The number of hydrogen-bond donors (Lipinski definition) is 1. The summed E-state index contributed by atoms with van der Waals surface area (Å²) in [7, 11) is -1.42. The minimum Gasteiger partial charge on any atom is -0.493 e. The summed E-state index contributed by atoms with van der Waals surface area (Å²) in [5.74, 6) is -0.823. The van der Waals surface area contributed by atoms with Gasteiger partial charge in [0.15, 0.2) is 11.5 Å². The van der Waals surface area contributed by atoms with Gasteiger partial charge in [0.25, 0.3) is 10.0 Å². The molecule has 0 saturated carbocycles. The number of anilines is 1. The van der Waals surface area contributed by atoms with Crippen molar-refractivity contribution in [1.82, 2.24) is 10.2 Å². The molecule has 0 radical (unpaired) electrons. The minimum atomic E-state index is -4.31. The minimum absolute atomic E-state index is 0.0175.